The third-order valence-electron chi connectivity index (χ3n) is 4.45. The molecule has 0 bridgehead atoms. The number of benzene rings is 2. The maximum atomic E-state index is 12.3. The van der Waals surface area contributed by atoms with Crippen LogP contribution in [-0.4, -0.2) is 47.3 Å². The third kappa shape index (κ3) is 4.78. The Bertz CT molecular complexity index is 1120. The second-order valence-corrected chi connectivity index (χ2v) is 6.55. The first-order valence-corrected chi connectivity index (χ1v) is 8.89. The normalized spacial score (nSPS) is 10.6. The highest BCUT2D eigenvalue weighted by Gasteiger charge is 2.15. The first-order chi connectivity index (χ1) is 13.9. The van der Waals surface area contributed by atoms with Gasteiger partial charge in [-0.25, -0.2) is 9.48 Å². The zero-order valence-corrected chi connectivity index (χ0v) is 16.4. The van der Waals surface area contributed by atoms with Crippen molar-refractivity contribution in [2.75, 3.05) is 20.8 Å². The summed E-state index contributed by atoms with van der Waals surface area (Å²) >= 11 is 0. The van der Waals surface area contributed by atoms with Crippen molar-refractivity contribution < 1.29 is 19.1 Å². The van der Waals surface area contributed by atoms with Crippen molar-refractivity contribution in [2.45, 2.75) is 6.54 Å². The van der Waals surface area contributed by atoms with Gasteiger partial charge in [0.2, 0.25) is 0 Å². The number of nitrogens with zero attached hydrogens (tertiary/aromatic N) is 3. The number of hydrogen-bond acceptors (Lipinski definition) is 6. The van der Waals surface area contributed by atoms with E-state index in [2.05, 4.69) is 5.10 Å². The number of amides is 1. The lowest BCUT2D eigenvalue weighted by molar-refractivity contribution is -0.133. The molecule has 0 radical (unpaired) electrons. The van der Waals surface area contributed by atoms with E-state index in [1.807, 2.05) is 36.4 Å². The molecule has 1 amide bonds. The van der Waals surface area contributed by atoms with Crippen LogP contribution in [0.1, 0.15) is 16.1 Å². The van der Waals surface area contributed by atoms with Crippen molar-refractivity contribution in [3.63, 3.8) is 0 Å². The summed E-state index contributed by atoms with van der Waals surface area (Å²) < 4.78 is 11.3. The van der Waals surface area contributed by atoms with Gasteiger partial charge in [-0.15, -0.1) is 0 Å². The molecule has 3 aromatic rings. The van der Waals surface area contributed by atoms with Crippen molar-refractivity contribution in [1.82, 2.24) is 14.7 Å². The molecule has 3 rings (SSSR count). The van der Waals surface area contributed by atoms with Crippen LogP contribution >= 0.6 is 0 Å². The number of carbonyl (C=O) groups is 2. The van der Waals surface area contributed by atoms with Crippen LogP contribution in [0, 0.1) is 0 Å². The standard InChI is InChI=1S/C21H21N3O5/c1-23(12-14-4-5-16-11-17(28-3)7-6-15(16)10-14)20(26)13-29-21(27)18-8-9-19(25)24(2)22-18/h4-11H,12-13H2,1-3H3. The molecular weight excluding hydrogens is 374 g/mol. The summed E-state index contributed by atoms with van der Waals surface area (Å²) in [4.78, 5) is 37.1. The van der Waals surface area contributed by atoms with Crippen LogP contribution in [0.4, 0.5) is 0 Å². The van der Waals surface area contributed by atoms with E-state index in [1.54, 1.807) is 14.2 Å². The van der Waals surface area contributed by atoms with Crippen LogP contribution < -0.4 is 10.3 Å². The Morgan fingerprint density at radius 3 is 2.52 bits per heavy atom. The number of carbonyl (C=O) groups excluding carboxylic acids is 2. The highest BCUT2D eigenvalue weighted by molar-refractivity contribution is 5.89. The molecular formula is C21H21N3O5. The number of esters is 1. The number of hydrogen-bond donors (Lipinski definition) is 0. The number of likely N-dealkylation sites (N-methyl/N-ethyl adjacent to an activating group) is 1. The Morgan fingerprint density at radius 1 is 1.07 bits per heavy atom. The molecule has 0 unspecified atom stereocenters. The van der Waals surface area contributed by atoms with Crippen molar-refractivity contribution >= 4 is 22.6 Å². The molecule has 1 heterocycles. The van der Waals surface area contributed by atoms with E-state index in [0.717, 1.165) is 26.8 Å². The monoisotopic (exact) mass is 395 g/mol. The Morgan fingerprint density at radius 2 is 1.79 bits per heavy atom. The van der Waals surface area contributed by atoms with Gasteiger partial charge in [0.1, 0.15) is 5.75 Å². The van der Waals surface area contributed by atoms with Gasteiger partial charge in [0.05, 0.1) is 7.11 Å². The molecule has 150 valence electrons. The van der Waals surface area contributed by atoms with Gasteiger partial charge in [0.25, 0.3) is 11.5 Å². The molecule has 0 saturated carbocycles. The average molecular weight is 395 g/mol. The van der Waals surface area contributed by atoms with Crippen LogP contribution in [0.2, 0.25) is 0 Å². The molecule has 2 aromatic carbocycles. The van der Waals surface area contributed by atoms with Gasteiger partial charge in [0, 0.05) is 26.7 Å². The van der Waals surface area contributed by atoms with E-state index >= 15 is 0 Å². The van der Waals surface area contributed by atoms with Gasteiger partial charge < -0.3 is 14.4 Å². The second kappa shape index (κ2) is 8.55. The second-order valence-electron chi connectivity index (χ2n) is 6.55. The van der Waals surface area contributed by atoms with Crippen molar-refractivity contribution in [3.05, 3.63) is 70.1 Å². The van der Waals surface area contributed by atoms with Gasteiger partial charge in [-0.05, 0) is 40.6 Å². The smallest absolute Gasteiger partial charge is 0.359 e. The molecule has 0 aliphatic rings. The zero-order valence-electron chi connectivity index (χ0n) is 16.4. The van der Waals surface area contributed by atoms with E-state index in [1.165, 1.54) is 24.1 Å². The Balaban J connectivity index is 1.60. The van der Waals surface area contributed by atoms with Gasteiger partial charge in [-0.1, -0.05) is 18.2 Å². The number of ether oxygens (including phenoxy) is 2. The SMILES string of the molecule is COc1ccc2cc(CN(C)C(=O)COC(=O)c3ccc(=O)n(C)n3)ccc2c1. The highest BCUT2D eigenvalue weighted by atomic mass is 16.5. The first kappa shape index (κ1) is 20.1. The zero-order chi connectivity index (χ0) is 21.0. The maximum absolute atomic E-state index is 12.3. The lowest BCUT2D eigenvalue weighted by atomic mass is 10.1. The molecule has 8 heteroatoms. The first-order valence-electron chi connectivity index (χ1n) is 8.89. The van der Waals surface area contributed by atoms with Crippen LogP contribution in [0.25, 0.3) is 10.8 Å². The predicted molar refractivity (Wildman–Crippen MR) is 107 cm³/mol. The minimum absolute atomic E-state index is 0.0347. The molecule has 0 fully saturated rings. The van der Waals surface area contributed by atoms with Gasteiger partial charge in [-0.2, -0.15) is 5.10 Å². The van der Waals surface area contributed by atoms with Crippen molar-refractivity contribution in [1.29, 1.82) is 0 Å². The summed E-state index contributed by atoms with van der Waals surface area (Å²) in [5.74, 6) is -0.327. The molecule has 0 saturated heterocycles. The molecule has 0 N–H and O–H groups in total. The number of aryl methyl sites for hydroxylation is 1. The van der Waals surface area contributed by atoms with E-state index in [9.17, 15) is 14.4 Å². The minimum atomic E-state index is -0.762. The average Bonchev–Trinajstić information content (AvgIpc) is 2.73. The summed E-state index contributed by atoms with van der Waals surface area (Å²) in [5.41, 5.74) is 0.572. The van der Waals surface area contributed by atoms with Crippen LogP contribution in [-0.2, 0) is 23.1 Å². The molecule has 1 aromatic heterocycles. The fourth-order valence-corrected chi connectivity index (χ4v) is 2.78. The van der Waals surface area contributed by atoms with Gasteiger partial charge in [0.15, 0.2) is 12.3 Å². The van der Waals surface area contributed by atoms with E-state index < -0.39 is 12.6 Å². The molecule has 8 nitrogen and oxygen atoms in total. The molecule has 0 spiro atoms. The summed E-state index contributed by atoms with van der Waals surface area (Å²) in [6.45, 7) is -0.0406. The predicted octanol–water partition coefficient (Wildman–Crippen LogP) is 1.76. The third-order valence-corrected chi connectivity index (χ3v) is 4.45. The van der Waals surface area contributed by atoms with E-state index in [0.29, 0.717) is 6.54 Å². The largest absolute Gasteiger partial charge is 0.497 e. The number of aromatic nitrogens is 2. The fourth-order valence-electron chi connectivity index (χ4n) is 2.78. The Hall–Kier alpha value is -3.68. The number of rotatable bonds is 6. The van der Waals surface area contributed by atoms with Gasteiger partial charge in [-0.3, -0.25) is 9.59 Å². The molecule has 29 heavy (non-hydrogen) atoms. The number of fused-ring (bicyclic) bond motifs is 1. The van der Waals surface area contributed by atoms with Crippen molar-refractivity contribution in [2.24, 2.45) is 7.05 Å². The van der Waals surface area contributed by atoms with Crippen LogP contribution in [0.15, 0.2) is 53.3 Å². The van der Waals surface area contributed by atoms with E-state index in [4.69, 9.17) is 9.47 Å². The minimum Gasteiger partial charge on any atom is -0.497 e. The maximum Gasteiger partial charge on any atom is 0.359 e. The quantitative estimate of drug-likeness (QED) is 0.591. The van der Waals surface area contributed by atoms with E-state index in [-0.39, 0.29) is 17.2 Å². The van der Waals surface area contributed by atoms with Crippen molar-refractivity contribution in [3.8, 4) is 5.75 Å². The molecule has 0 atom stereocenters. The molecule has 0 aliphatic carbocycles. The lowest BCUT2D eigenvalue weighted by Crippen LogP contribution is -2.31. The topological polar surface area (TPSA) is 90.7 Å². The molecule has 0 aliphatic heterocycles. The lowest BCUT2D eigenvalue weighted by Gasteiger charge is -2.17. The van der Waals surface area contributed by atoms with Crippen LogP contribution in [0.3, 0.4) is 0 Å². The summed E-state index contributed by atoms with van der Waals surface area (Å²) in [6, 6.07) is 14.2. The Kier molecular flexibility index (Phi) is 5.92. The summed E-state index contributed by atoms with van der Waals surface area (Å²) in [7, 11) is 4.69. The summed E-state index contributed by atoms with van der Waals surface area (Å²) in [6.07, 6.45) is 0. The Labute approximate surface area is 167 Å². The van der Waals surface area contributed by atoms with Crippen LogP contribution in [0.5, 0.6) is 5.75 Å². The highest BCUT2D eigenvalue weighted by Crippen LogP contribution is 2.22. The summed E-state index contributed by atoms with van der Waals surface area (Å²) in [5, 5.41) is 5.88. The number of methoxy groups -OCH3 is 1. The fraction of sp³-hybridized carbons (Fsp3) is 0.238. The van der Waals surface area contributed by atoms with Gasteiger partial charge >= 0.3 is 5.97 Å².